The van der Waals surface area contributed by atoms with Crippen LogP contribution in [0.5, 0.6) is 5.75 Å². The summed E-state index contributed by atoms with van der Waals surface area (Å²) in [5.74, 6) is -0.112. The number of halogens is 3. The van der Waals surface area contributed by atoms with Crippen LogP contribution in [0, 0.1) is 17.5 Å². The first kappa shape index (κ1) is 10.8. The standard InChI is InChI=1S/C8H8F3NO2/c9-5-3-6(10)8(13)4(7(5)11)1-2-14-12/h3,13H,1-2,12H2. The Morgan fingerprint density at radius 3 is 2.50 bits per heavy atom. The number of nitrogens with two attached hydrogens (primary N) is 1. The highest BCUT2D eigenvalue weighted by Crippen LogP contribution is 2.26. The molecule has 0 saturated carbocycles. The predicted molar refractivity (Wildman–Crippen MR) is 41.8 cm³/mol. The summed E-state index contributed by atoms with van der Waals surface area (Å²) in [5, 5.41) is 9.05. The molecule has 0 amide bonds. The summed E-state index contributed by atoms with van der Waals surface area (Å²) in [6.07, 6.45) is -0.206. The summed E-state index contributed by atoms with van der Waals surface area (Å²) < 4.78 is 38.3. The minimum absolute atomic E-state index is 0.145. The van der Waals surface area contributed by atoms with Crippen LogP contribution < -0.4 is 5.90 Å². The lowest BCUT2D eigenvalue weighted by Crippen LogP contribution is -2.07. The number of hydrogen-bond acceptors (Lipinski definition) is 3. The second-order valence-electron chi connectivity index (χ2n) is 2.60. The first-order chi connectivity index (χ1) is 6.57. The van der Waals surface area contributed by atoms with E-state index in [4.69, 9.17) is 5.11 Å². The van der Waals surface area contributed by atoms with E-state index < -0.39 is 28.8 Å². The molecule has 0 radical (unpaired) electrons. The number of benzene rings is 1. The molecule has 0 aromatic heterocycles. The zero-order valence-electron chi connectivity index (χ0n) is 7.06. The number of rotatable bonds is 3. The zero-order chi connectivity index (χ0) is 10.7. The Morgan fingerprint density at radius 1 is 1.29 bits per heavy atom. The Kier molecular flexibility index (Phi) is 3.32. The maximum Gasteiger partial charge on any atom is 0.168 e. The van der Waals surface area contributed by atoms with Crippen molar-refractivity contribution in [3.8, 4) is 5.75 Å². The second-order valence-corrected chi connectivity index (χ2v) is 2.60. The van der Waals surface area contributed by atoms with Gasteiger partial charge in [0.1, 0.15) is 0 Å². The van der Waals surface area contributed by atoms with Crippen molar-refractivity contribution < 1.29 is 23.1 Å². The molecule has 0 heterocycles. The molecule has 0 fully saturated rings. The van der Waals surface area contributed by atoms with Gasteiger partial charge in [-0.25, -0.2) is 19.1 Å². The number of phenolic OH excluding ortho intramolecular Hbond substituents is 1. The van der Waals surface area contributed by atoms with Crippen molar-refractivity contribution in [3.63, 3.8) is 0 Å². The van der Waals surface area contributed by atoms with Crippen molar-refractivity contribution in [2.24, 2.45) is 5.90 Å². The number of phenols is 1. The van der Waals surface area contributed by atoms with Crippen LogP contribution in [0.2, 0.25) is 0 Å². The number of aromatic hydroxyl groups is 1. The van der Waals surface area contributed by atoms with Crippen LogP contribution in [-0.2, 0) is 11.3 Å². The maximum atomic E-state index is 13.0. The van der Waals surface area contributed by atoms with Crippen LogP contribution in [0.1, 0.15) is 5.56 Å². The summed E-state index contributed by atoms with van der Waals surface area (Å²) in [5.41, 5.74) is -0.479. The Hall–Kier alpha value is -1.27. The first-order valence-corrected chi connectivity index (χ1v) is 3.75. The fourth-order valence-corrected chi connectivity index (χ4v) is 1.02. The van der Waals surface area contributed by atoms with Gasteiger partial charge in [-0.3, -0.25) is 0 Å². The van der Waals surface area contributed by atoms with Gasteiger partial charge in [0, 0.05) is 18.1 Å². The van der Waals surface area contributed by atoms with Crippen LogP contribution >= 0.6 is 0 Å². The Bertz CT molecular complexity index is 318. The van der Waals surface area contributed by atoms with Crippen molar-refractivity contribution in [1.82, 2.24) is 0 Å². The monoisotopic (exact) mass is 207 g/mol. The fourth-order valence-electron chi connectivity index (χ4n) is 1.02. The van der Waals surface area contributed by atoms with Crippen LogP contribution in [0.15, 0.2) is 6.07 Å². The van der Waals surface area contributed by atoms with Crippen molar-refractivity contribution in [3.05, 3.63) is 29.1 Å². The van der Waals surface area contributed by atoms with Gasteiger partial charge in [-0.05, 0) is 0 Å². The van der Waals surface area contributed by atoms with E-state index >= 15 is 0 Å². The lowest BCUT2D eigenvalue weighted by Gasteiger charge is -2.06. The lowest BCUT2D eigenvalue weighted by atomic mass is 10.1. The summed E-state index contributed by atoms with van der Waals surface area (Å²) in [4.78, 5) is 4.11. The summed E-state index contributed by atoms with van der Waals surface area (Å²) in [7, 11) is 0. The van der Waals surface area contributed by atoms with Crippen LogP contribution in [0.4, 0.5) is 13.2 Å². The van der Waals surface area contributed by atoms with Gasteiger partial charge < -0.3 is 9.94 Å². The van der Waals surface area contributed by atoms with Gasteiger partial charge in [0.25, 0.3) is 0 Å². The fraction of sp³-hybridized carbons (Fsp3) is 0.250. The van der Waals surface area contributed by atoms with E-state index in [1.807, 2.05) is 0 Å². The smallest absolute Gasteiger partial charge is 0.168 e. The molecular weight excluding hydrogens is 199 g/mol. The number of hydrogen-bond donors (Lipinski definition) is 2. The molecule has 0 spiro atoms. The summed E-state index contributed by atoms with van der Waals surface area (Å²) in [6, 6.07) is 0.275. The van der Waals surface area contributed by atoms with Crippen molar-refractivity contribution in [2.75, 3.05) is 6.61 Å². The molecule has 1 aromatic rings. The average Bonchev–Trinajstić information content (AvgIpc) is 2.15. The Labute approximate surface area is 77.9 Å². The second kappa shape index (κ2) is 4.30. The van der Waals surface area contributed by atoms with Gasteiger partial charge in [0.15, 0.2) is 23.2 Å². The normalized spacial score (nSPS) is 10.6. The van der Waals surface area contributed by atoms with Gasteiger partial charge in [0.2, 0.25) is 0 Å². The molecule has 3 nitrogen and oxygen atoms in total. The SMILES string of the molecule is NOCCc1c(O)c(F)cc(F)c1F. The van der Waals surface area contributed by atoms with E-state index in [1.165, 1.54) is 0 Å². The molecule has 78 valence electrons. The van der Waals surface area contributed by atoms with E-state index in [0.29, 0.717) is 0 Å². The third-order valence-electron chi connectivity index (χ3n) is 1.71. The molecule has 6 heteroatoms. The Balaban J connectivity index is 3.11. The van der Waals surface area contributed by atoms with Gasteiger partial charge in [-0.2, -0.15) is 0 Å². The quantitative estimate of drug-likeness (QED) is 0.579. The van der Waals surface area contributed by atoms with Crippen molar-refractivity contribution in [2.45, 2.75) is 6.42 Å². The highest BCUT2D eigenvalue weighted by Gasteiger charge is 2.17. The van der Waals surface area contributed by atoms with Crippen LogP contribution in [0.25, 0.3) is 0 Å². The van der Waals surface area contributed by atoms with Gasteiger partial charge in [-0.1, -0.05) is 0 Å². The van der Waals surface area contributed by atoms with Gasteiger partial charge >= 0.3 is 0 Å². The molecule has 0 aliphatic carbocycles. The molecule has 0 atom stereocenters. The summed E-state index contributed by atoms with van der Waals surface area (Å²) in [6.45, 7) is -0.145. The zero-order valence-corrected chi connectivity index (χ0v) is 7.06. The predicted octanol–water partition coefficient (Wildman–Crippen LogP) is 1.24. The van der Waals surface area contributed by atoms with E-state index in [9.17, 15) is 13.2 Å². The van der Waals surface area contributed by atoms with Gasteiger partial charge in [0.05, 0.1) is 6.61 Å². The molecule has 0 aliphatic rings. The van der Waals surface area contributed by atoms with E-state index in [0.717, 1.165) is 0 Å². The highest BCUT2D eigenvalue weighted by atomic mass is 19.2. The molecule has 14 heavy (non-hydrogen) atoms. The van der Waals surface area contributed by atoms with Gasteiger partial charge in [-0.15, -0.1) is 0 Å². The first-order valence-electron chi connectivity index (χ1n) is 3.75. The Morgan fingerprint density at radius 2 is 1.93 bits per heavy atom. The third kappa shape index (κ3) is 1.97. The van der Waals surface area contributed by atoms with E-state index in [-0.39, 0.29) is 19.1 Å². The van der Waals surface area contributed by atoms with E-state index in [1.54, 1.807) is 0 Å². The molecular formula is C8H8F3NO2. The molecule has 0 unspecified atom stereocenters. The minimum atomic E-state index is -1.35. The lowest BCUT2D eigenvalue weighted by molar-refractivity contribution is 0.139. The van der Waals surface area contributed by atoms with Crippen molar-refractivity contribution in [1.29, 1.82) is 0 Å². The molecule has 3 N–H and O–H groups in total. The molecule has 0 saturated heterocycles. The maximum absolute atomic E-state index is 13.0. The molecule has 1 rings (SSSR count). The average molecular weight is 207 g/mol. The molecule has 0 aliphatic heterocycles. The third-order valence-corrected chi connectivity index (χ3v) is 1.71. The topological polar surface area (TPSA) is 55.5 Å². The molecule has 1 aromatic carbocycles. The minimum Gasteiger partial charge on any atom is -0.505 e. The largest absolute Gasteiger partial charge is 0.505 e. The summed E-state index contributed by atoms with van der Waals surface area (Å²) >= 11 is 0. The van der Waals surface area contributed by atoms with E-state index in [2.05, 4.69) is 10.7 Å². The van der Waals surface area contributed by atoms with Crippen LogP contribution in [0.3, 0.4) is 0 Å². The van der Waals surface area contributed by atoms with Crippen molar-refractivity contribution >= 4 is 0 Å². The molecule has 0 bridgehead atoms. The highest BCUT2D eigenvalue weighted by molar-refractivity contribution is 5.35. The van der Waals surface area contributed by atoms with Crippen LogP contribution in [-0.4, -0.2) is 11.7 Å².